The summed E-state index contributed by atoms with van der Waals surface area (Å²) in [5.41, 5.74) is 5.95. The third-order valence-corrected chi connectivity index (χ3v) is 2.27. The van der Waals surface area contributed by atoms with Crippen LogP contribution in [0.5, 0.6) is 0 Å². The first-order valence-corrected chi connectivity index (χ1v) is 3.99. The zero-order valence-electron chi connectivity index (χ0n) is 7.14. The van der Waals surface area contributed by atoms with E-state index in [1.165, 1.54) is 0 Å². The lowest BCUT2D eigenvalue weighted by Gasteiger charge is -2.00. The summed E-state index contributed by atoms with van der Waals surface area (Å²) in [5, 5.41) is 0. The Morgan fingerprint density at radius 1 is 1.14 bits per heavy atom. The van der Waals surface area contributed by atoms with Crippen molar-refractivity contribution in [2.24, 2.45) is 5.73 Å². The highest BCUT2D eigenvalue weighted by Crippen LogP contribution is 2.39. The summed E-state index contributed by atoms with van der Waals surface area (Å²) >= 11 is 0. The molecule has 1 aromatic carbocycles. The summed E-state index contributed by atoms with van der Waals surface area (Å²) in [4.78, 5) is 0. The van der Waals surface area contributed by atoms with Crippen LogP contribution in [0.3, 0.4) is 0 Å². The van der Waals surface area contributed by atoms with Gasteiger partial charge in [0.2, 0.25) is 0 Å². The molecular weight excluding hydrogens is 215 g/mol. The van der Waals surface area contributed by atoms with Gasteiger partial charge in [-0.2, -0.15) is 0 Å². The molecule has 0 saturated heterocycles. The van der Waals surface area contributed by atoms with Crippen LogP contribution in [0.15, 0.2) is 12.1 Å². The lowest BCUT2D eigenvalue weighted by atomic mass is 10.1. The van der Waals surface area contributed by atoms with E-state index in [2.05, 4.69) is 0 Å². The molecule has 2 unspecified atom stereocenters. The van der Waals surface area contributed by atoms with E-state index in [-0.39, 0.29) is 24.4 Å². The van der Waals surface area contributed by atoms with Crippen LogP contribution >= 0.6 is 12.4 Å². The van der Waals surface area contributed by atoms with Crippen molar-refractivity contribution in [2.75, 3.05) is 0 Å². The maximum atomic E-state index is 12.7. The van der Waals surface area contributed by atoms with Crippen molar-refractivity contribution in [1.82, 2.24) is 0 Å². The number of hydrogen-bond donors (Lipinski definition) is 1. The molecule has 0 amide bonds. The Morgan fingerprint density at radius 2 is 1.57 bits per heavy atom. The Morgan fingerprint density at radius 3 is 1.93 bits per heavy atom. The molecule has 0 aromatic heterocycles. The third kappa shape index (κ3) is 1.86. The fourth-order valence-electron chi connectivity index (χ4n) is 1.39. The molecule has 2 atom stereocenters. The summed E-state index contributed by atoms with van der Waals surface area (Å²) < 4.78 is 37.9. The van der Waals surface area contributed by atoms with Crippen LogP contribution in [0.1, 0.15) is 17.9 Å². The summed E-state index contributed by atoms with van der Waals surface area (Å²) in [7, 11) is 0. The van der Waals surface area contributed by atoms with Gasteiger partial charge in [0.1, 0.15) is 0 Å². The quantitative estimate of drug-likeness (QED) is 0.727. The lowest BCUT2D eigenvalue weighted by Crippen LogP contribution is -2.02. The Labute approximate surface area is 85.5 Å². The van der Waals surface area contributed by atoms with Gasteiger partial charge in [-0.15, -0.1) is 12.4 Å². The first kappa shape index (κ1) is 11.3. The number of halogens is 4. The topological polar surface area (TPSA) is 26.0 Å². The molecule has 1 saturated carbocycles. The first-order valence-electron chi connectivity index (χ1n) is 3.99. The SMILES string of the molecule is Cl.NC1CC1c1cc(F)c(F)c(F)c1. The number of benzene rings is 1. The minimum atomic E-state index is -1.42. The molecular formula is C9H9ClF3N. The second-order valence-corrected chi connectivity index (χ2v) is 3.30. The van der Waals surface area contributed by atoms with Crippen molar-refractivity contribution in [1.29, 1.82) is 0 Å². The van der Waals surface area contributed by atoms with Gasteiger partial charge < -0.3 is 5.73 Å². The van der Waals surface area contributed by atoms with E-state index in [4.69, 9.17) is 5.73 Å². The van der Waals surface area contributed by atoms with Crippen LogP contribution in [0.25, 0.3) is 0 Å². The molecule has 1 nitrogen and oxygen atoms in total. The Balaban J connectivity index is 0.000000980. The van der Waals surface area contributed by atoms with Crippen molar-refractivity contribution in [3.8, 4) is 0 Å². The van der Waals surface area contributed by atoms with Gasteiger partial charge in [0.05, 0.1) is 0 Å². The zero-order chi connectivity index (χ0) is 9.59. The molecule has 0 spiro atoms. The number of rotatable bonds is 1. The van der Waals surface area contributed by atoms with Gasteiger partial charge in [-0.1, -0.05) is 0 Å². The van der Waals surface area contributed by atoms with E-state index in [1.807, 2.05) is 0 Å². The van der Waals surface area contributed by atoms with Crippen LogP contribution in [0.4, 0.5) is 13.2 Å². The summed E-state index contributed by atoms with van der Waals surface area (Å²) in [6.45, 7) is 0. The Hall–Kier alpha value is -0.740. The summed E-state index contributed by atoms with van der Waals surface area (Å²) in [6, 6.07) is 1.98. The molecule has 0 bridgehead atoms. The minimum absolute atomic E-state index is 0. The van der Waals surface area contributed by atoms with Crippen LogP contribution in [-0.4, -0.2) is 6.04 Å². The van der Waals surface area contributed by atoms with E-state index in [9.17, 15) is 13.2 Å². The van der Waals surface area contributed by atoms with E-state index < -0.39 is 17.5 Å². The van der Waals surface area contributed by atoms with Crippen molar-refractivity contribution in [2.45, 2.75) is 18.4 Å². The predicted molar refractivity (Wildman–Crippen MR) is 48.9 cm³/mol. The predicted octanol–water partition coefficient (Wildman–Crippen LogP) is 2.34. The van der Waals surface area contributed by atoms with Gasteiger partial charge in [0.15, 0.2) is 17.5 Å². The highest BCUT2D eigenvalue weighted by molar-refractivity contribution is 5.85. The van der Waals surface area contributed by atoms with Crippen LogP contribution in [0, 0.1) is 17.5 Å². The molecule has 0 radical (unpaired) electrons. The van der Waals surface area contributed by atoms with Crippen molar-refractivity contribution >= 4 is 12.4 Å². The number of nitrogens with two attached hydrogens (primary N) is 1. The van der Waals surface area contributed by atoms with E-state index >= 15 is 0 Å². The maximum Gasteiger partial charge on any atom is 0.194 e. The minimum Gasteiger partial charge on any atom is -0.327 e. The first-order chi connectivity index (χ1) is 6.09. The second-order valence-electron chi connectivity index (χ2n) is 3.30. The lowest BCUT2D eigenvalue weighted by molar-refractivity contribution is 0.445. The van der Waals surface area contributed by atoms with Crippen molar-refractivity contribution < 1.29 is 13.2 Å². The molecule has 2 rings (SSSR count). The monoisotopic (exact) mass is 223 g/mol. The van der Waals surface area contributed by atoms with Gasteiger partial charge in [-0.3, -0.25) is 0 Å². The average molecular weight is 224 g/mol. The fourth-order valence-corrected chi connectivity index (χ4v) is 1.39. The molecule has 78 valence electrons. The molecule has 0 heterocycles. The average Bonchev–Trinajstić information content (AvgIpc) is 2.77. The molecule has 5 heteroatoms. The second kappa shape index (κ2) is 3.79. The molecule has 1 aliphatic carbocycles. The van der Waals surface area contributed by atoms with E-state index in [0.29, 0.717) is 12.0 Å². The molecule has 14 heavy (non-hydrogen) atoms. The molecule has 0 aliphatic heterocycles. The normalized spacial score (nSPS) is 24.3. The highest BCUT2D eigenvalue weighted by Gasteiger charge is 2.35. The fraction of sp³-hybridized carbons (Fsp3) is 0.333. The third-order valence-electron chi connectivity index (χ3n) is 2.27. The summed E-state index contributed by atoms with van der Waals surface area (Å²) in [5.74, 6) is -3.72. The van der Waals surface area contributed by atoms with Gasteiger partial charge >= 0.3 is 0 Å². The molecule has 2 N–H and O–H groups in total. The highest BCUT2D eigenvalue weighted by atomic mass is 35.5. The molecule has 1 aliphatic rings. The largest absolute Gasteiger partial charge is 0.327 e. The Kier molecular flexibility index (Phi) is 3.07. The standard InChI is InChI=1S/C9H8F3N.ClH/c10-6-1-4(5-3-8(5)13)2-7(11)9(6)12;/h1-2,5,8H,3,13H2;1H. The van der Waals surface area contributed by atoms with Crippen LogP contribution in [-0.2, 0) is 0 Å². The summed E-state index contributed by atoms with van der Waals surface area (Å²) in [6.07, 6.45) is 0.713. The number of hydrogen-bond acceptors (Lipinski definition) is 1. The van der Waals surface area contributed by atoms with Crippen LogP contribution in [0.2, 0.25) is 0 Å². The zero-order valence-corrected chi connectivity index (χ0v) is 7.95. The van der Waals surface area contributed by atoms with Crippen LogP contribution < -0.4 is 5.73 Å². The Bertz CT molecular complexity index is 333. The van der Waals surface area contributed by atoms with Crippen molar-refractivity contribution in [3.63, 3.8) is 0 Å². The smallest absolute Gasteiger partial charge is 0.194 e. The molecule has 1 fully saturated rings. The van der Waals surface area contributed by atoms with Crippen molar-refractivity contribution in [3.05, 3.63) is 35.1 Å². The van der Waals surface area contributed by atoms with Gasteiger partial charge in [-0.05, 0) is 24.1 Å². The van der Waals surface area contributed by atoms with E-state index in [0.717, 1.165) is 12.1 Å². The molecule has 1 aromatic rings. The van der Waals surface area contributed by atoms with Gasteiger partial charge in [-0.25, -0.2) is 13.2 Å². The maximum absolute atomic E-state index is 12.7. The van der Waals surface area contributed by atoms with Gasteiger partial charge in [0, 0.05) is 12.0 Å². The van der Waals surface area contributed by atoms with E-state index in [1.54, 1.807) is 0 Å². The van der Waals surface area contributed by atoms with Gasteiger partial charge in [0.25, 0.3) is 0 Å².